The van der Waals surface area contributed by atoms with Gasteiger partial charge in [0.05, 0.1) is 12.6 Å². The van der Waals surface area contributed by atoms with Crippen LogP contribution in [0.4, 0.5) is 18.0 Å². The van der Waals surface area contributed by atoms with Crippen molar-refractivity contribution in [3.05, 3.63) is 34.9 Å². The molecule has 0 saturated carbocycles. The van der Waals surface area contributed by atoms with E-state index in [1.807, 2.05) is 0 Å². The molecule has 1 saturated heterocycles. The fraction of sp³-hybridized carbons (Fsp3) is 0.429. The molecule has 3 N–H and O–H groups in total. The van der Waals surface area contributed by atoms with Crippen LogP contribution in [0.5, 0.6) is 0 Å². The minimum absolute atomic E-state index is 0.0310. The van der Waals surface area contributed by atoms with E-state index in [-0.39, 0.29) is 17.2 Å². The number of aliphatic hydroxyl groups is 1. The lowest BCUT2D eigenvalue weighted by Crippen LogP contribution is -2.73. The van der Waals surface area contributed by atoms with Crippen molar-refractivity contribution in [2.24, 2.45) is 5.92 Å². The highest BCUT2D eigenvalue weighted by Crippen LogP contribution is 2.44. The molecular formula is C14H14ClF3N2O4. The smallest absolute Gasteiger partial charge is 0.437 e. The fourth-order valence-corrected chi connectivity index (χ4v) is 2.78. The molecule has 0 aromatic heterocycles. The lowest BCUT2D eigenvalue weighted by molar-refractivity contribution is -0.294. The Morgan fingerprint density at radius 1 is 1.42 bits per heavy atom. The van der Waals surface area contributed by atoms with E-state index in [0.29, 0.717) is 0 Å². The van der Waals surface area contributed by atoms with Crippen molar-refractivity contribution in [1.29, 1.82) is 0 Å². The lowest BCUT2D eigenvalue weighted by Gasteiger charge is -2.44. The maximum atomic E-state index is 13.4. The van der Waals surface area contributed by atoms with Crippen LogP contribution in [0, 0.1) is 5.92 Å². The van der Waals surface area contributed by atoms with Gasteiger partial charge in [-0.3, -0.25) is 4.79 Å². The zero-order valence-electron chi connectivity index (χ0n) is 12.4. The van der Waals surface area contributed by atoms with Crippen LogP contribution in [0.25, 0.3) is 0 Å². The summed E-state index contributed by atoms with van der Waals surface area (Å²) in [6.07, 6.45) is -5.32. The van der Waals surface area contributed by atoms with Crippen LogP contribution >= 0.6 is 11.6 Å². The highest BCUT2D eigenvalue weighted by Gasteiger charge is 2.67. The molecule has 0 aliphatic carbocycles. The van der Waals surface area contributed by atoms with Gasteiger partial charge in [-0.2, -0.15) is 13.2 Å². The van der Waals surface area contributed by atoms with Gasteiger partial charge in [0, 0.05) is 5.02 Å². The van der Waals surface area contributed by atoms with Crippen LogP contribution in [-0.4, -0.2) is 35.6 Å². The Kier molecular flexibility index (Phi) is 4.95. The highest BCUT2D eigenvalue weighted by atomic mass is 35.5. The molecular weight excluding hydrogens is 353 g/mol. The third-order valence-corrected chi connectivity index (χ3v) is 3.93. The van der Waals surface area contributed by atoms with Crippen molar-refractivity contribution in [2.45, 2.75) is 24.9 Å². The van der Waals surface area contributed by atoms with E-state index in [4.69, 9.17) is 11.6 Å². The van der Waals surface area contributed by atoms with Crippen molar-refractivity contribution >= 4 is 23.6 Å². The SMILES string of the molecule is CCOC(=O)C1C(c2ccccc2Cl)NC(=O)NC1(O)C(F)(F)F. The molecule has 6 nitrogen and oxygen atoms in total. The van der Waals surface area contributed by atoms with E-state index in [1.165, 1.54) is 36.5 Å². The predicted octanol–water partition coefficient (Wildman–Crippen LogP) is 2.12. The quantitative estimate of drug-likeness (QED) is 0.715. The second kappa shape index (κ2) is 6.48. The number of alkyl halides is 3. The maximum Gasteiger partial charge on any atom is 0.437 e. The van der Waals surface area contributed by atoms with E-state index >= 15 is 0 Å². The first-order valence-electron chi connectivity index (χ1n) is 6.90. The van der Waals surface area contributed by atoms with Crippen LogP contribution in [0.2, 0.25) is 5.02 Å². The number of halogens is 4. The minimum atomic E-state index is -5.32. The third-order valence-electron chi connectivity index (χ3n) is 3.59. The van der Waals surface area contributed by atoms with Crippen molar-refractivity contribution in [3.63, 3.8) is 0 Å². The molecule has 1 aromatic carbocycles. The zero-order valence-corrected chi connectivity index (χ0v) is 13.1. The van der Waals surface area contributed by atoms with Crippen molar-refractivity contribution < 1.29 is 32.6 Å². The highest BCUT2D eigenvalue weighted by molar-refractivity contribution is 6.31. The molecule has 0 radical (unpaired) electrons. The van der Waals surface area contributed by atoms with Gasteiger partial charge in [-0.05, 0) is 18.6 Å². The van der Waals surface area contributed by atoms with E-state index < -0.39 is 35.9 Å². The Balaban J connectivity index is 2.60. The Hall–Kier alpha value is -2.00. The first kappa shape index (κ1) is 18.3. The molecule has 0 spiro atoms. The first-order valence-corrected chi connectivity index (χ1v) is 7.28. The summed E-state index contributed by atoms with van der Waals surface area (Å²) in [5, 5.41) is 13.7. The second-order valence-corrected chi connectivity index (χ2v) is 5.50. The van der Waals surface area contributed by atoms with E-state index in [1.54, 1.807) is 0 Å². The van der Waals surface area contributed by atoms with Crippen LogP contribution in [0.1, 0.15) is 18.5 Å². The summed E-state index contributed by atoms with van der Waals surface area (Å²) in [4.78, 5) is 23.8. The van der Waals surface area contributed by atoms with Crippen molar-refractivity contribution in [2.75, 3.05) is 6.61 Å². The Morgan fingerprint density at radius 2 is 2.04 bits per heavy atom. The maximum absolute atomic E-state index is 13.4. The van der Waals surface area contributed by atoms with Gasteiger partial charge in [-0.15, -0.1) is 0 Å². The Morgan fingerprint density at radius 3 is 2.58 bits per heavy atom. The Labute approximate surface area is 139 Å². The summed E-state index contributed by atoms with van der Waals surface area (Å²) < 4.78 is 44.9. The molecule has 3 unspecified atom stereocenters. The lowest BCUT2D eigenvalue weighted by atomic mass is 9.82. The number of carbonyl (C=O) groups excluding carboxylic acids is 2. The number of hydrogen-bond donors (Lipinski definition) is 3. The summed E-state index contributed by atoms with van der Waals surface area (Å²) in [7, 11) is 0. The van der Waals surface area contributed by atoms with Gasteiger partial charge in [-0.1, -0.05) is 29.8 Å². The molecule has 0 bridgehead atoms. The normalized spacial score (nSPS) is 27.2. The molecule has 1 aliphatic heterocycles. The number of carbonyl (C=O) groups is 2. The number of esters is 1. The van der Waals surface area contributed by atoms with Crippen molar-refractivity contribution in [3.8, 4) is 0 Å². The van der Waals surface area contributed by atoms with Gasteiger partial charge < -0.3 is 20.5 Å². The zero-order chi connectivity index (χ0) is 18.1. The van der Waals surface area contributed by atoms with E-state index in [9.17, 15) is 27.9 Å². The second-order valence-electron chi connectivity index (χ2n) is 5.09. The van der Waals surface area contributed by atoms with Gasteiger partial charge in [0.25, 0.3) is 5.72 Å². The van der Waals surface area contributed by atoms with Gasteiger partial charge in [0.2, 0.25) is 0 Å². The molecule has 132 valence electrons. The molecule has 1 fully saturated rings. The largest absolute Gasteiger partial charge is 0.466 e. The molecule has 2 rings (SSSR count). The first-order chi connectivity index (χ1) is 11.1. The average molecular weight is 367 g/mol. The molecule has 1 aliphatic rings. The number of amides is 2. The molecule has 24 heavy (non-hydrogen) atoms. The van der Waals surface area contributed by atoms with E-state index in [0.717, 1.165) is 0 Å². The van der Waals surface area contributed by atoms with Gasteiger partial charge in [0.15, 0.2) is 0 Å². The summed E-state index contributed by atoms with van der Waals surface area (Å²) >= 11 is 5.97. The summed E-state index contributed by atoms with van der Waals surface area (Å²) in [5.41, 5.74) is -3.75. The Bertz CT molecular complexity index is 655. The topological polar surface area (TPSA) is 87.7 Å². The number of benzene rings is 1. The van der Waals surface area contributed by atoms with Crippen LogP contribution in [-0.2, 0) is 9.53 Å². The van der Waals surface area contributed by atoms with Gasteiger partial charge in [-0.25, -0.2) is 4.79 Å². The summed E-state index contributed by atoms with van der Waals surface area (Å²) in [5.74, 6) is -3.51. The average Bonchev–Trinajstić information content (AvgIpc) is 2.45. The van der Waals surface area contributed by atoms with Crippen molar-refractivity contribution in [1.82, 2.24) is 10.6 Å². The number of hydrogen-bond acceptors (Lipinski definition) is 4. The predicted molar refractivity (Wildman–Crippen MR) is 77.0 cm³/mol. The standard InChI is InChI=1S/C14H14ClF3N2O4/c1-2-24-11(21)9-10(7-5-3-4-6-8(7)15)19-12(22)20-13(9,23)14(16,17)18/h3-6,9-10,23H,2H2,1H3,(H2,19,20,22). The van der Waals surface area contributed by atoms with Crippen LogP contribution in [0.15, 0.2) is 24.3 Å². The minimum Gasteiger partial charge on any atom is -0.466 e. The van der Waals surface area contributed by atoms with Crippen LogP contribution in [0.3, 0.4) is 0 Å². The van der Waals surface area contributed by atoms with E-state index in [2.05, 4.69) is 10.1 Å². The number of ether oxygens (including phenoxy) is 1. The molecule has 3 atom stereocenters. The summed E-state index contributed by atoms with van der Waals surface area (Å²) in [6.45, 7) is 1.20. The molecule has 1 aromatic rings. The summed E-state index contributed by atoms with van der Waals surface area (Å²) in [6, 6.07) is 2.92. The molecule has 1 heterocycles. The molecule has 2 amide bonds. The van der Waals surface area contributed by atoms with Crippen LogP contribution < -0.4 is 10.6 Å². The molecule has 10 heteroatoms. The fourth-order valence-electron chi connectivity index (χ4n) is 2.52. The number of nitrogens with one attached hydrogen (secondary N) is 2. The monoisotopic (exact) mass is 366 g/mol. The van der Waals surface area contributed by atoms with Gasteiger partial charge in [0.1, 0.15) is 5.92 Å². The number of rotatable bonds is 3. The third kappa shape index (κ3) is 3.13. The number of urea groups is 1. The van der Waals surface area contributed by atoms with Gasteiger partial charge >= 0.3 is 18.2 Å².